The van der Waals surface area contributed by atoms with Crippen molar-refractivity contribution in [2.75, 3.05) is 26.2 Å². The molecule has 0 radical (unpaired) electrons. The third kappa shape index (κ3) is 4.51. The molecule has 142 valence electrons. The van der Waals surface area contributed by atoms with Crippen molar-refractivity contribution in [1.82, 2.24) is 20.2 Å². The summed E-state index contributed by atoms with van der Waals surface area (Å²) in [6.45, 7) is 10.2. The Morgan fingerprint density at radius 1 is 1.35 bits per heavy atom. The number of fused-ring (bicyclic) bond motifs is 1. The van der Waals surface area contributed by atoms with Crippen molar-refractivity contribution in [2.45, 2.75) is 46.5 Å². The highest BCUT2D eigenvalue weighted by molar-refractivity contribution is 7.18. The van der Waals surface area contributed by atoms with Gasteiger partial charge in [-0.15, -0.1) is 11.3 Å². The van der Waals surface area contributed by atoms with Crippen LogP contribution in [0.3, 0.4) is 0 Å². The summed E-state index contributed by atoms with van der Waals surface area (Å²) in [4.78, 5) is 36.1. The molecular weight excluding hydrogens is 348 g/mol. The van der Waals surface area contributed by atoms with Crippen molar-refractivity contribution in [2.24, 2.45) is 5.92 Å². The number of nitrogens with one attached hydrogen (secondary N) is 2. The molecule has 26 heavy (non-hydrogen) atoms. The van der Waals surface area contributed by atoms with Gasteiger partial charge in [-0.3, -0.25) is 9.59 Å². The van der Waals surface area contributed by atoms with Crippen molar-refractivity contribution in [1.29, 1.82) is 0 Å². The van der Waals surface area contributed by atoms with E-state index in [-0.39, 0.29) is 11.5 Å². The Bertz CT molecular complexity index is 836. The Hall–Kier alpha value is -1.73. The first-order chi connectivity index (χ1) is 12.4. The highest BCUT2D eigenvalue weighted by Gasteiger charge is 2.16. The van der Waals surface area contributed by atoms with Gasteiger partial charge in [0.25, 0.3) is 5.56 Å². The zero-order valence-corrected chi connectivity index (χ0v) is 16.7. The van der Waals surface area contributed by atoms with Crippen LogP contribution in [0.15, 0.2) is 4.79 Å². The van der Waals surface area contributed by atoms with Crippen LogP contribution in [-0.4, -0.2) is 47.0 Å². The van der Waals surface area contributed by atoms with E-state index in [1.165, 1.54) is 37.3 Å². The van der Waals surface area contributed by atoms with Crippen LogP contribution in [0.2, 0.25) is 0 Å². The minimum Gasteiger partial charge on any atom is -0.356 e. The molecule has 3 rings (SSSR count). The van der Waals surface area contributed by atoms with E-state index in [9.17, 15) is 9.59 Å². The molecule has 0 aliphatic carbocycles. The predicted octanol–water partition coefficient (Wildman–Crippen LogP) is 2.38. The van der Waals surface area contributed by atoms with Crippen LogP contribution in [0.5, 0.6) is 0 Å². The van der Waals surface area contributed by atoms with Gasteiger partial charge >= 0.3 is 0 Å². The normalized spacial score (nSPS) is 16.3. The number of aromatic nitrogens is 2. The summed E-state index contributed by atoms with van der Waals surface area (Å²) in [6, 6.07) is 0. The summed E-state index contributed by atoms with van der Waals surface area (Å²) in [7, 11) is 0. The fourth-order valence-electron chi connectivity index (χ4n) is 3.50. The fourth-order valence-corrected chi connectivity index (χ4v) is 4.55. The van der Waals surface area contributed by atoms with Gasteiger partial charge in [0.05, 0.1) is 5.39 Å². The van der Waals surface area contributed by atoms with Crippen LogP contribution in [0.1, 0.15) is 42.5 Å². The third-order valence-electron chi connectivity index (χ3n) is 5.09. The maximum Gasteiger partial charge on any atom is 0.259 e. The molecule has 7 heteroatoms. The molecule has 1 aliphatic heterocycles. The fraction of sp³-hybridized carbons (Fsp3) is 0.632. The van der Waals surface area contributed by atoms with Gasteiger partial charge in [-0.05, 0) is 51.3 Å². The lowest BCUT2D eigenvalue weighted by atomic mass is 10.1. The zero-order chi connectivity index (χ0) is 18.7. The van der Waals surface area contributed by atoms with E-state index < -0.39 is 0 Å². The molecule has 0 aromatic carbocycles. The van der Waals surface area contributed by atoms with Crippen molar-refractivity contribution in [3.05, 3.63) is 26.6 Å². The first-order valence-corrected chi connectivity index (χ1v) is 10.2. The summed E-state index contributed by atoms with van der Waals surface area (Å²) >= 11 is 1.53. The van der Waals surface area contributed by atoms with Crippen molar-refractivity contribution >= 4 is 27.5 Å². The van der Waals surface area contributed by atoms with Gasteiger partial charge in [0.15, 0.2) is 0 Å². The Morgan fingerprint density at radius 2 is 2.08 bits per heavy atom. The molecule has 1 aliphatic rings. The summed E-state index contributed by atoms with van der Waals surface area (Å²) in [5, 5.41) is 3.69. The number of hydrogen-bond acceptors (Lipinski definition) is 5. The summed E-state index contributed by atoms with van der Waals surface area (Å²) in [5.41, 5.74) is 0.890. The number of aromatic amines is 1. The SMILES string of the molecule is Cc1sc2nc(CCC(=O)NCC(C)CN3CCCC3)[nH]c(=O)c2c1C. The van der Waals surface area contributed by atoms with Gasteiger partial charge in [-0.1, -0.05) is 6.92 Å². The first-order valence-electron chi connectivity index (χ1n) is 9.42. The van der Waals surface area contributed by atoms with Crippen molar-refractivity contribution in [3.8, 4) is 0 Å². The molecule has 3 heterocycles. The minimum atomic E-state index is -0.105. The Kier molecular flexibility index (Phi) is 6.09. The molecule has 0 saturated carbocycles. The van der Waals surface area contributed by atoms with Gasteiger partial charge in [0, 0.05) is 30.8 Å². The largest absolute Gasteiger partial charge is 0.356 e. The standard InChI is InChI=1S/C19H28N4O2S/c1-12(11-23-8-4-5-9-23)10-20-16(24)7-6-15-21-18(25)17-13(2)14(3)26-19(17)22-15/h12H,4-11H2,1-3H3,(H,20,24)(H,21,22,25). The Balaban J connectivity index is 1.49. The number of carbonyl (C=O) groups is 1. The smallest absolute Gasteiger partial charge is 0.259 e. The van der Waals surface area contributed by atoms with Gasteiger partial charge in [-0.2, -0.15) is 0 Å². The van der Waals surface area contributed by atoms with Gasteiger partial charge in [-0.25, -0.2) is 4.98 Å². The van der Waals surface area contributed by atoms with E-state index in [0.717, 1.165) is 21.8 Å². The van der Waals surface area contributed by atoms with Crippen LogP contribution >= 0.6 is 11.3 Å². The monoisotopic (exact) mass is 376 g/mol. The topological polar surface area (TPSA) is 78.1 Å². The van der Waals surface area contributed by atoms with E-state index in [4.69, 9.17) is 0 Å². The maximum absolute atomic E-state index is 12.3. The molecule has 2 aromatic heterocycles. The number of aryl methyl sites for hydroxylation is 3. The average molecular weight is 377 g/mol. The predicted molar refractivity (Wildman–Crippen MR) is 106 cm³/mol. The number of nitrogens with zero attached hydrogens (tertiary/aromatic N) is 2. The molecule has 1 unspecified atom stereocenters. The number of H-pyrrole nitrogens is 1. The number of carbonyl (C=O) groups excluding carboxylic acids is 1. The lowest BCUT2D eigenvalue weighted by molar-refractivity contribution is -0.121. The molecule has 1 atom stereocenters. The minimum absolute atomic E-state index is 0.0135. The molecule has 1 saturated heterocycles. The second-order valence-electron chi connectivity index (χ2n) is 7.39. The van der Waals surface area contributed by atoms with E-state index in [2.05, 4.69) is 27.1 Å². The third-order valence-corrected chi connectivity index (χ3v) is 6.19. The van der Waals surface area contributed by atoms with Crippen LogP contribution in [0.25, 0.3) is 10.2 Å². The van der Waals surface area contributed by atoms with Crippen molar-refractivity contribution in [3.63, 3.8) is 0 Å². The van der Waals surface area contributed by atoms with Crippen LogP contribution in [-0.2, 0) is 11.2 Å². The number of hydrogen-bond donors (Lipinski definition) is 2. The average Bonchev–Trinajstić information content (AvgIpc) is 3.19. The lowest BCUT2D eigenvalue weighted by Gasteiger charge is -2.20. The molecular formula is C19H28N4O2S. The molecule has 0 bridgehead atoms. The molecule has 1 fully saturated rings. The van der Waals surface area contributed by atoms with Gasteiger partial charge in [0.1, 0.15) is 10.7 Å². The molecule has 0 spiro atoms. The maximum atomic E-state index is 12.3. The number of thiophene rings is 1. The van der Waals surface area contributed by atoms with Gasteiger partial charge < -0.3 is 15.2 Å². The second-order valence-corrected chi connectivity index (χ2v) is 8.60. The van der Waals surface area contributed by atoms with Crippen LogP contribution < -0.4 is 10.9 Å². The van der Waals surface area contributed by atoms with E-state index in [1.54, 1.807) is 0 Å². The highest BCUT2D eigenvalue weighted by Crippen LogP contribution is 2.25. The van der Waals surface area contributed by atoms with E-state index >= 15 is 0 Å². The highest BCUT2D eigenvalue weighted by atomic mass is 32.1. The van der Waals surface area contributed by atoms with Gasteiger partial charge in [0.2, 0.25) is 5.91 Å². The van der Waals surface area contributed by atoms with Crippen LogP contribution in [0, 0.1) is 19.8 Å². The lowest BCUT2D eigenvalue weighted by Crippen LogP contribution is -2.34. The van der Waals surface area contributed by atoms with E-state index in [1.807, 2.05) is 13.8 Å². The molecule has 2 N–H and O–H groups in total. The zero-order valence-electron chi connectivity index (χ0n) is 15.9. The number of amides is 1. The number of rotatable bonds is 7. The van der Waals surface area contributed by atoms with Crippen molar-refractivity contribution < 1.29 is 4.79 Å². The Morgan fingerprint density at radius 3 is 2.81 bits per heavy atom. The molecule has 1 amide bonds. The van der Waals surface area contributed by atoms with E-state index in [0.29, 0.717) is 36.5 Å². The second kappa shape index (κ2) is 8.31. The summed E-state index contributed by atoms with van der Waals surface area (Å²) in [6.07, 6.45) is 3.37. The van der Waals surface area contributed by atoms with Crippen LogP contribution in [0.4, 0.5) is 0 Å². The number of likely N-dealkylation sites (tertiary alicyclic amines) is 1. The summed E-state index contributed by atoms with van der Waals surface area (Å²) < 4.78 is 0. The molecule has 2 aromatic rings. The molecule has 6 nitrogen and oxygen atoms in total. The first kappa shape index (κ1) is 19.0. The quantitative estimate of drug-likeness (QED) is 0.778. The summed E-state index contributed by atoms with van der Waals surface area (Å²) in [5.74, 6) is 1.05. The Labute approximate surface area is 158 Å².